The summed E-state index contributed by atoms with van der Waals surface area (Å²) in [4.78, 5) is 0. The molecule has 0 bridgehead atoms. The first-order chi connectivity index (χ1) is 6.49. The predicted molar refractivity (Wildman–Crippen MR) is 49.2 cm³/mol. The van der Waals surface area contributed by atoms with E-state index in [0.717, 1.165) is 0 Å². The number of hydrogen-bond donors (Lipinski definition) is 3. The van der Waals surface area contributed by atoms with Gasteiger partial charge in [0.05, 0.1) is 0 Å². The molecule has 3 N–H and O–H groups in total. The third kappa shape index (κ3) is 2.03. The molecule has 0 heterocycles. The maximum Gasteiger partial charge on any atom is 0.285 e. The van der Waals surface area contributed by atoms with Crippen molar-refractivity contribution >= 4 is 11.6 Å². The van der Waals surface area contributed by atoms with Gasteiger partial charge in [-0.2, -0.15) is 5.26 Å². The Labute approximate surface area is 85.6 Å². The van der Waals surface area contributed by atoms with Gasteiger partial charge >= 0.3 is 0 Å². The number of nitriles is 1. The van der Waals surface area contributed by atoms with E-state index in [0.29, 0.717) is 0 Å². The summed E-state index contributed by atoms with van der Waals surface area (Å²) in [7, 11) is 0. The van der Waals surface area contributed by atoms with Crippen LogP contribution in [0.1, 0.15) is 11.7 Å². The molecule has 1 rings (SSSR count). The van der Waals surface area contributed by atoms with E-state index in [2.05, 4.69) is 0 Å². The molecule has 4 nitrogen and oxygen atoms in total. The van der Waals surface area contributed by atoms with Crippen LogP contribution in [0.15, 0.2) is 24.3 Å². The molecule has 0 aliphatic heterocycles. The van der Waals surface area contributed by atoms with Crippen molar-refractivity contribution in [2.24, 2.45) is 0 Å². The van der Waals surface area contributed by atoms with Crippen LogP contribution in [-0.4, -0.2) is 21.1 Å². The first-order valence-electron chi connectivity index (χ1n) is 3.77. The molecule has 0 fully saturated rings. The molecule has 0 aromatic heterocycles. The summed E-state index contributed by atoms with van der Waals surface area (Å²) in [5, 5.41) is 36.1. The van der Waals surface area contributed by atoms with Crippen LogP contribution in [0.4, 0.5) is 0 Å². The summed E-state index contributed by atoms with van der Waals surface area (Å²) in [6.07, 6.45) is -1.75. The lowest BCUT2D eigenvalue weighted by Gasteiger charge is -2.20. The molecule has 0 spiro atoms. The second-order valence-electron chi connectivity index (χ2n) is 2.76. The highest BCUT2D eigenvalue weighted by atomic mass is 35.5. The fourth-order valence-electron chi connectivity index (χ4n) is 0.975. The van der Waals surface area contributed by atoms with Crippen LogP contribution >= 0.6 is 11.6 Å². The van der Waals surface area contributed by atoms with Crippen molar-refractivity contribution in [1.82, 2.24) is 0 Å². The molecule has 0 aliphatic rings. The number of aliphatic hydroxyl groups is 3. The Morgan fingerprint density at radius 1 is 1.36 bits per heavy atom. The number of benzene rings is 1. The summed E-state index contributed by atoms with van der Waals surface area (Å²) in [6.45, 7) is 0. The first kappa shape index (κ1) is 11.0. The Balaban J connectivity index is 3.08. The minimum atomic E-state index is -2.83. The van der Waals surface area contributed by atoms with Gasteiger partial charge in [-0.3, -0.25) is 0 Å². The zero-order valence-corrected chi connectivity index (χ0v) is 7.81. The van der Waals surface area contributed by atoms with Gasteiger partial charge in [0.2, 0.25) is 0 Å². The number of aliphatic hydroxyl groups excluding tert-OH is 1. The van der Waals surface area contributed by atoms with Gasteiger partial charge < -0.3 is 15.3 Å². The molecule has 0 radical (unpaired) electrons. The minimum absolute atomic E-state index is 0.0979. The molecular weight excluding hydrogens is 206 g/mol. The normalized spacial score (nSPS) is 13.4. The summed E-state index contributed by atoms with van der Waals surface area (Å²) < 4.78 is 0. The Hall–Kier alpha value is -1.12. The van der Waals surface area contributed by atoms with Crippen molar-refractivity contribution in [3.05, 3.63) is 34.9 Å². The molecule has 1 aromatic rings. The summed E-state index contributed by atoms with van der Waals surface area (Å²) >= 11 is 5.69. The maximum absolute atomic E-state index is 9.42. The molecule has 5 heteroatoms. The number of halogens is 1. The van der Waals surface area contributed by atoms with E-state index in [1.807, 2.05) is 0 Å². The van der Waals surface area contributed by atoms with Crippen LogP contribution in [0.5, 0.6) is 0 Å². The van der Waals surface area contributed by atoms with E-state index in [4.69, 9.17) is 27.1 Å². The van der Waals surface area contributed by atoms with Crippen molar-refractivity contribution in [3.8, 4) is 6.07 Å². The van der Waals surface area contributed by atoms with Gasteiger partial charge in [0.15, 0.2) is 0 Å². The van der Waals surface area contributed by atoms with Crippen molar-refractivity contribution < 1.29 is 15.3 Å². The summed E-state index contributed by atoms with van der Waals surface area (Å²) in [6, 6.07) is 7.25. The van der Waals surface area contributed by atoms with Crippen LogP contribution in [0.25, 0.3) is 0 Å². The van der Waals surface area contributed by atoms with E-state index >= 15 is 0 Å². The van der Waals surface area contributed by atoms with Crippen LogP contribution < -0.4 is 0 Å². The summed E-state index contributed by atoms with van der Waals surface area (Å²) in [5.41, 5.74) is 0.0979. The van der Waals surface area contributed by atoms with Gasteiger partial charge in [-0.05, 0) is 6.07 Å². The minimum Gasteiger partial charge on any atom is -0.381 e. The average molecular weight is 214 g/mol. The van der Waals surface area contributed by atoms with Gasteiger partial charge in [0.1, 0.15) is 12.2 Å². The van der Waals surface area contributed by atoms with Crippen molar-refractivity contribution in [2.75, 3.05) is 0 Å². The molecule has 1 atom stereocenters. The SMILES string of the molecule is N#CC(O)(O)[C@@H](O)c1ccccc1Cl. The maximum atomic E-state index is 9.42. The largest absolute Gasteiger partial charge is 0.381 e. The smallest absolute Gasteiger partial charge is 0.285 e. The van der Waals surface area contributed by atoms with Crippen molar-refractivity contribution in [3.63, 3.8) is 0 Å². The highest BCUT2D eigenvalue weighted by Crippen LogP contribution is 2.28. The lowest BCUT2D eigenvalue weighted by molar-refractivity contribution is -0.185. The molecular formula is C9H8ClNO3. The molecule has 0 saturated carbocycles. The van der Waals surface area contributed by atoms with Crippen LogP contribution in [0.2, 0.25) is 5.02 Å². The van der Waals surface area contributed by atoms with Gasteiger partial charge in [-0.25, -0.2) is 0 Å². The molecule has 14 heavy (non-hydrogen) atoms. The van der Waals surface area contributed by atoms with Gasteiger partial charge in [0.25, 0.3) is 5.79 Å². The standard InChI is InChI=1S/C9H8ClNO3/c10-7-4-2-1-3-6(7)8(12)9(13,14)5-11/h1-4,8,12-14H/t8-/m0/s1. The number of nitrogens with zero attached hydrogens (tertiary/aromatic N) is 1. The quantitative estimate of drug-likeness (QED) is 0.496. The van der Waals surface area contributed by atoms with Gasteiger partial charge in [0, 0.05) is 10.6 Å². The molecule has 0 unspecified atom stereocenters. The van der Waals surface area contributed by atoms with Crippen LogP contribution in [0.3, 0.4) is 0 Å². The monoisotopic (exact) mass is 213 g/mol. The number of rotatable bonds is 2. The average Bonchev–Trinajstić information content (AvgIpc) is 2.17. The van der Waals surface area contributed by atoms with Crippen LogP contribution in [0, 0.1) is 11.3 Å². The molecule has 1 aromatic carbocycles. The summed E-state index contributed by atoms with van der Waals surface area (Å²) in [5.74, 6) is -2.83. The lowest BCUT2D eigenvalue weighted by Crippen LogP contribution is -2.34. The lowest BCUT2D eigenvalue weighted by atomic mass is 10.0. The van der Waals surface area contributed by atoms with Gasteiger partial charge in [-0.1, -0.05) is 29.8 Å². The Kier molecular flexibility index (Phi) is 3.09. The van der Waals surface area contributed by atoms with Crippen molar-refractivity contribution in [2.45, 2.75) is 11.9 Å². The highest BCUT2D eigenvalue weighted by Gasteiger charge is 2.35. The highest BCUT2D eigenvalue weighted by molar-refractivity contribution is 6.31. The van der Waals surface area contributed by atoms with E-state index in [9.17, 15) is 5.11 Å². The van der Waals surface area contributed by atoms with E-state index in [-0.39, 0.29) is 10.6 Å². The second kappa shape index (κ2) is 3.95. The fraction of sp³-hybridized carbons (Fsp3) is 0.222. The Morgan fingerprint density at radius 2 is 1.93 bits per heavy atom. The van der Waals surface area contributed by atoms with E-state index in [1.54, 1.807) is 12.1 Å². The third-order valence-corrected chi connectivity index (χ3v) is 2.09. The second-order valence-corrected chi connectivity index (χ2v) is 3.17. The Bertz CT molecular complexity index is 373. The van der Waals surface area contributed by atoms with E-state index < -0.39 is 11.9 Å². The Morgan fingerprint density at radius 3 is 2.43 bits per heavy atom. The zero-order chi connectivity index (χ0) is 10.8. The topological polar surface area (TPSA) is 84.5 Å². The molecule has 0 amide bonds. The molecule has 0 aliphatic carbocycles. The molecule has 74 valence electrons. The zero-order valence-electron chi connectivity index (χ0n) is 7.05. The number of hydrogen-bond acceptors (Lipinski definition) is 4. The predicted octanol–water partition coefficient (Wildman–Crippen LogP) is 0.578. The van der Waals surface area contributed by atoms with E-state index in [1.165, 1.54) is 18.2 Å². The first-order valence-corrected chi connectivity index (χ1v) is 4.15. The van der Waals surface area contributed by atoms with Gasteiger partial charge in [-0.15, -0.1) is 0 Å². The van der Waals surface area contributed by atoms with Crippen molar-refractivity contribution in [1.29, 1.82) is 5.26 Å². The third-order valence-electron chi connectivity index (χ3n) is 1.75. The fourth-order valence-corrected chi connectivity index (χ4v) is 1.21. The molecule has 0 saturated heterocycles. The van der Waals surface area contributed by atoms with Crippen LogP contribution in [-0.2, 0) is 0 Å².